The average Bonchev–Trinajstić information content (AvgIpc) is 4.03. The fourth-order valence-corrected chi connectivity index (χ4v) is 10.9. The molecule has 63 heavy (non-hydrogen) atoms. The van der Waals surface area contributed by atoms with Crippen molar-refractivity contribution in [3.8, 4) is 56.7 Å². The predicted octanol–water partition coefficient (Wildman–Crippen LogP) is 15.1. The van der Waals surface area contributed by atoms with Gasteiger partial charge in [0.05, 0.1) is 37.2 Å². The molecule has 0 aliphatic heterocycles. The summed E-state index contributed by atoms with van der Waals surface area (Å²) in [6, 6.07) is 75.5. The van der Waals surface area contributed by atoms with Crippen LogP contribution in [0.4, 0.5) is 0 Å². The van der Waals surface area contributed by atoms with Gasteiger partial charge in [-0.2, -0.15) is 0 Å². The zero-order valence-electron chi connectivity index (χ0n) is 33.9. The minimum absolute atomic E-state index is 0.629. The van der Waals surface area contributed by atoms with Gasteiger partial charge in [0.2, 0.25) is 0 Å². The molecule has 0 atom stereocenters. The smallest absolute Gasteiger partial charge is 0.166 e. The zero-order chi connectivity index (χ0) is 41.4. The van der Waals surface area contributed by atoms with Gasteiger partial charge < -0.3 is 9.13 Å². The van der Waals surface area contributed by atoms with Crippen LogP contribution in [0.2, 0.25) is 0 Å². The van der Waals surface area contributed by atoms with Crippen LogP contribution in [-0.2, 0) is 0 Å². The molecule has 0 bridgehead atoms. The number of hydrogen-bond donors (Lipinski definition) is 0. The number of thiophene rings is 1. The van der Waals surface area contributed by atoms with Crippen molar-refractivity contribution in [2.45, 2.75) is 0 Å². The molecular weight excluding hydrogens is 787 g/mol. The first-order chi connectivity index (χ1) is 31.3. The monoisotopic (exact) mass is 821 g/mol. The van der Waals surface area contributed by atoms with Crippen LogP contribution in [0.1, 0.15) is 0 Å². The van der Waals surface area contributed by atoms with Crippen LogP contribution in [-0.4, -0.2) is 24.1 Å². The largest absolute Gasteiger partial charge is 0.308 e. The molecule has 0 amide bonds. The third kappa shape index (κ3) is 5.59. The molecule has 0 N–H and O–H groups in total. The molecule has 4 heterocycles. The van der Waals surface area contributed by atoms with E-state index in [2.05, 4.69) is 185 Å². The van der Waals surface area contributed by atoms with E-state index in [4.69, 9.17) is 15.0 Å². The van der Waals surface area contributed by atoms with Gasteiger partial charge in [0, 0.05) is 54.7 Å². The number of fused-ring (bicyclic) bond motifs is 10. The van der Waals surface area contributed by atoms with Crippen molar-refractivity contribution in [1.29, 1.82) is 0 Å². The van der Waals surface area contributed by atoms with Gasteiger partial charge in [-0.15, -0.1) is 11.3 Å². The topological polar surface area (TPSA) is 48.5 Å². The quantitative estimate of drug-likeness (QED) is 0.168. The summed E-state index contributed by atoms with van der Waals surface area (Å²) in [5.74, 6) is 1.91. The Morgan fingerprint density at radius 2 is 0.841 bits per heavy atom. The molecule has 0 unspecified atom stereocenters. The van der Waals surface area contributed by atoms with E-state index >= 15 is 0 Å². The lowest BCUT2D eigenvalue weighted by Gasteiger charge is -2.13. The van der Waals surface area contributed by atoms with E-state index in [1.54, 1.807) is 0 Å². The average molecular weight is 822 g/mol. The SMILES string of the molecule is c1ccc(-c2ccc3c4ccccc4n(-c4cccc5c4sc4c5ccc5c6cccc(-c7nc(-c8ccccc8)nc(-c8ccccc8)n7)c6n(-c6ccccc6)c54)c3c2)cc1. The van der Waals surface area contributed by atoms with Gasteiger partial charge in [-0.25, -0.2) is 15.0 Å². The van der Waals surface area contributed by atoms with Gasteiger partial charge in [0.15, 0.2) is 17.5 Å². The van der Waals surface area contributed by atoms with Crippen LogP contribution < -0.4 is 0 Å². The molecular formula is C57H35N5S. The lowest BCUT2D eigenvalue weighted by molar-refractivity contribution is 1.07. The van der Waals surface area contributed by atoms with Crippen molar-refractivity contribution >= 4 is 75.1 Å². The Morgan fingerprint density at radius 3 is 1.57 bits per heavy atom. The van der Waals surface area contributed by atoms with Crippen molar-refractivity contribution in [2.24, 2.45) is 0 Å². The van der Waals surface area contributed by atoms with Crippen molar-refractivity contribution in [3.05, 3.63) is 212 Å². The summed E-state index contributed by atoms with van der Waals surface area (Å²) in [4.78, 5) is 15.5. The summed E-state index contributed by atoms with van der Waals surface area (Å²) in [5.41, 5.74) is 12.1. The van der Waals surface area contributed by atoms with Crippen LogP contribution in [0.25, 0.3) is 120 Å². The normalized spacial score (nSPS) is 11.8. The number of benzene rings is 9. The van der Waals surface area contributed by atoms with E-state index in [9.17, 15) is 0 Å². The second-order valence-electron chi connectivity index (χ2n) is 16.0. The van der Waals surface area contributed by atoms with Crippen LogP contribution in [0.3, 0.4) is 0 Å². The highest BCUT2D eigenvalue weighted by atomic mass is 32.1. The molecule has 0 saturated carbocycles. The Labute approximate surface area is 366 Å². The summed E-state index contributed by atoms with van der Waals surface area (Å²) in [5, 5.41) is 7.28. The van der Waals surface area contributed by atoms with Crippen LogP contribution in [0.5, 0.6) is 0 Å². The van der Waals surface area contributed by atoms with Gasteiger partial charge in [0.1, 0.15) is 0 Å². The fourth-order valence-electron chi connectivity index (χ4n) is 9.55. The molecule has 0 aliphatic carbocycles. The first-order valence-corrected chi connectivity index (χ1v) is 22.0. The van der Waals surface area contributed by atoms with Crippen LogP contribution >= 0.6 is 11.3 Å². The maximum Gasteiger partial charge on any atom is 0.166 e. The molecule has 5 nitrogen and oxygen atoms in total. The van der Waals surface area contributed by atoms with E-state index in [-0.39, 0.29) is 0 Å². The molecule has 0 aliphatic rings. The molecule has 0 spiro atoms. The number of nitrogens with zero attached hydrogens (tertiary/aromatic N) is 5. The minimum atomic E-state index is 0.629. The Kier molecular flexibility index (Phi) is 8.01. The molecule has 9 aromatic carbocycles. The Balaban J connectivity index is 1.11. The fraction of sp³-hybridized carbons (Fsp3) is 0. The molecule has 13 rings (SSSR count). The van der Waals surface area contributed by atoms with E-state index in [1.807, 2.05) is 47.7 Å². The van der Waals surface area contributed by atoms with Crippen LogP contribution in [0.15, 0.2) is 212 Å². The first-order valence-electron chi connectivity index (χ1n) is 21.2. The molecule has 0 radical (unpaired) electrons. The van der Waals surface area contributed by atoms with Crippen LogP contribution in [0, 0.1) is 0 Å². The summed E-state index contributed by atoms with van der Waals surface area (Å²) in [6.07, 6.45) is 0. The number of para-hydroxylation sites is 3. The minimum Gasteiger partial charge on any atom is -0.308 e. The van der Waals surface area contributed by atoms with E-state index in [0.29, 0.717) is 17.5 Å². The van der Waals surface area contributed by atoms with E-state index in [1.165, 1.54) is 69.7 Å². The van der Waals surface area contributed by atoms with Gasteiger partial charge in [-0.1, -0.05) is 176 Å². The highest BCUT2D eigenvalue weighted by Gasteiger charge is 2.24. The lowest BCUT2D eigenvalue weighted by atomic mass is 10.0. The molecule has 13 aromatic rings. The van der Waals surface area contributed by atoms with Crippen molar-refractivity contribution in [1.82, 2.24) is 24.1 Å². The molecule has 6 heteroatoms. The second kappa shape index (κ2) is 14.2. The number of aromatic nitrogens is 5. The van der Waals surface area contributed by atoms with Crippen molar-refractivity contribution < 1.29 is 0 Å². The lowest BCUT2D eigenvalue weighted by Crippen LogP contribution is -2.02. The van der Waals surface area contributed by atoms with Crippen molar-refractivity contribution in [3.63, 3.8) is 0 Å². The Morgan fingerprint density at radius 1 is 0.317 bits per heavy atom. The molecule has 4 aromatic heterocycles. The maximum absolute atomic E-state index is 5.23. The standard InChI is InChI=1S/C57H35N5S/c1-5-17-36(18-6-1)39-31-32-42-41-25-13-14-29-48(41)62(50(42)35-39)49-30-16-27-45-46-34-33-44-43-26-15-28-47(51(43)61(40-23-11-4-12-24-40)52(44)54(46)63-53(45)49)57-59-55(37-19-7-2-8-20-37)58-56(60-57)38-21-9-3-10-22-38/h1-35H. The molecule has 0 saturated heterocycles. The third-order valence-electron chi connectivity index (χ3n) is 12.4. The van der Waals surface area contributed by atoms with Crippen molar-refractivity contribution in [2.75, 3.05) is 0 Å². The first kappa shape index (κ1) is 35.6. The molecule has 0 fully saturated rings. The van der Waals surface area contributed by atoms with E-state index in [0.717, 1.165) is 33.3 Å². The highest BCUT2D eigenvalue weighted by molar-refractivity contribution is 7.27. The second-order valence-corrected chi connectivity index (χ2v) is 17.0. The highest BCUT2D eigenvalue weighted by Crippen LogP contribution is 2.47. The number of hydrogen-bond acceptors (Lipinski definition) is 4. The zero-order valence-corrected chi connectivity index (χ0v) is 34.7. The summed E-state index contributed by atoms with van der Waals surface area (Å²) < 4.78 is 7.40. The van der Waals surface area contributed by atoms with Gasteiger partial charge in [0.25, 0.3) is 0 Å². The summed E-state index contributed by atoms with van der Waals surface area (Å²) in [6.45, 7) is 0. The van der Waals surface area contributed by atoms with Gasteiger partial charge in [-0.3, -0.25) is 0 Å². The summed E-state index contributed by atoms with van der Waals surface area (Å²) >= 11 is 1.88. The number of rotatable bonds is 6. The Bertz CT molecular complexity index is 3830. The summed E-state index contributed by atoms with van der Waals surface area (Å²) in [7, 11) is 0. The maximum atomic E-state index is 5.23. The predicted molar refractivity (Wildman–Crippen MR) is 263 cm³/mol. The van der Waals surface area contributed by atoms with Gasteiger partial charge in [-0.05, 0) is 47.5 Å². The Hall–Kier alpha value is -8.19. The molecule has 294 valence electrons. The van der Waals surface area contributed by atoms with E-state index < -0.39 is 0 Å². The third-order valence-corrected chi connectivity index (χ3v) is 13.6. The van der Waals surface area contributed by atoms with Gasteiger partial charge >= 0.3 is 0 Å².